The summed E-state index contributed by atoms with van der Waals surface area (Å²) in [5, 5.41) is 0. The highest BCUT2D eigenvalue weighted by atomic mass is 19.4. The third-order valence-corrected chi connectivity index (χ3v) is 4.89. The second-order valence-electron chi connectivity index (χ2n) is 6.90. The quantitative estimate of drug-likeness (QED) is 0.661. The average molecular weight is 399 g/mol. The van der Waals surface area contributed by atoms with Gasteiger partial charge < -0.3 is 9.80 Å². The number of nitrogens with zero attached hydrogens (tertiary/aromatic N) is 5. The standard InChI is InChI=1S/C21H20F3N5/c1-15-26-18(16-5-4-6-17(13-16)21(22,23)24)14-20(27-15)29-11-9-28(10-12-29)19-7-2-3-8-25-19/h2-8,13-14H,9-12H2,1H3. The van der Waals surface area contributed by atoms with Crippen molar-refractivity contribution >= 4 is 11.6 Å². The van der Waals surface area contributed by atoms with Crippen LogP contribution in [-0.4, -0.2) is 41.1 Å². The molecule has 0 bridgehead atoms. The van der Waals surface area contributed by atoms with Gasteiger partial charge in [0.2, 0.25) is 0 Å². The molecule has 0 aliphatic carbocycles. The fourth-order valence-corrected chi connectivity index (χ4v) is 3.42. The first-order valence-corrected chi connectivity index (χ1v) is 9.34. The largest absolute Gasteiger partial charge is 0.416 e. The highest BCUT2D eigenvalue weighted by Crippen LogP contribution is 2.32. The second kappa shape index (κ2) is 7.69. The van der Waals surface area contributed by atoms with Crippen LogP contribution >= 0.6 is 0 Å². The number of aromatic nitrogens is 3. The van der Waals surface area contributed by atoms with Crippen LogP contribution < -0.4 is 9.80 Å². The number of rotatable bonds is 3. The fraction of sp³-hybridized carbons (Fsp3) is 0.286. The molecule has 5 nitrogen and oxygen atoms in total. The van der Waals surface area contributed by atoms with E-state index in [0.29, 0.717) is 17.1 Å². The summed E-state index contributed by atoms with van der Waals surface area (Å²) >= 11 is 0. The van der Waals surface area contributed by atoms with Crippen molar-refractivity contribution in [3.8, 4) is 11.3 Å². The van der Waals surface area contributed by atoms with E-state index in [1.54, 1.807) is 25.3 Å². The summed E-state index contributed by atoms with van der Waals surface area (Å²) in [6, 6.07) is 12.8. The lowest BCUT2D eigenvalue weighted by atomic mass is 10.1. The zero-order chi connectivity index (χ0) is 20.4. The van der Waals surface area contributed by atoms with Crippen molar-refractivity contribution in [2.75, 3.05) is 36.0 Å². The summed E-state index contributed by atoms with van der Waals surface area (Å²) in [6.45, 7) is 4.83. The van der Waals surface area contributed by atoms with Crippen LogP contribution in [0.5, 0.6) is 0 Å². The van der Waals surface area contributed by atoms with Crippen LogP contribution in [0.3, 0.4) is 0 Å². The maximum absolute atomic E-state index is 13.1. The van der Waals surface area contributed by atoms with Gasteiger partial charge in [0, 0.05) is 44.0 Å². The minimum atomic E-state index is -4.39. The topological polar surface area (TPSA) is 45.2 Å². The van der Waals surface area contributed by atoms with Crippen LogP contribution in [0.25, 0.3) is 11.3 Å². The number of halogens is 3. The summed E-state index contributed by atoms with van der Waals surface area (Å²) in [4.78, 5) is 17.6. The van der Waals surface area contributed by atoms with Gasteiger partial charge in [-0.05, 0) is 31.2 Å². The Kier molecular flexibility index (Phi) is 5.08. The summed E-state index contributed by atoms with van der Waals surface area (Å²) in [5.74, 6) is 2.20. The van der Waals surface area contributed by atoms with Crippen molar-refractivity contribution in [2.24, 2.45) is 0 Å². The smallest absolute Gasteiger partial charge is 0.353 e. The fourth-order valence-electron chi connectivity index (χ4n) is 3.42. The van der Waals surface area contributed by atoms with Crippen LogP contribution in [0.1, 0.15) is 11.4 Å². The number of piperazine rings is 1. The zero-order valence-corrected chi connectivity index (χ0v) is 15.9. The lowest BCUT2D eigenvalue weighted by Crippen LogP contribution is -2.47. The van der Waals surface area contributed by atoms with E-state index in [9.17, 15) is 13.2 Å². The lowest BCUT2D eigenvalue weighted by Gasteiger charge is -2.36. The van der Waals surface area contributed by atoms with Gasteiger partial charge in [0.15, 0.2) is 0 Å². The molecule has 0 N–H and O–H groups in total. The van der Waals surface area contributed by atoms with Crippen molar-refractivity contribution < 1.29 is 13.2 Å². The molecule has 29 heavy (non-hydrogen) atoms. The van der Waals surface area contributed by atoms with Gasteiger partial charge in [-0.1, -0.05) is 18.2 Å². The Morgan fingerprint density at radius 2 is 1.55 bits per heavy atom. The SMILES string of the molecule is Cc1nc(-c2cccc(C(F)(F)F)c2)cc(N2CCN(c3ccccn3)CC2)n1. The molecule has 0 unspecified atom stereocenters. The molecule has 1 saturated heterocycles. The molecular formula is C21H20F3N5. The van der Waals surface area contributed by atoms with Crippen LogP contribution in [0.4, 0.5) is 24.8 Å². The molecule has 3 aromatic rings. The first-order valence-electron chi connectivity index (χ1n) is 9.34. The summed E-state index contributed by atoms with van der Waals surface area (Å²) in [6.07, 6.45) is -2.61. The Labute approximate surface area is 166 Å². The molecule has 0 spiro atoms. The van der Waals surface area contributed by atoms with Crippen LogP contribution in [-0.2, 0) is 6.18 Å². The molecular weight excluding hydrogens is 379 g/mol. The predicted molar refractivity (Wildman–Crippen MR) is 106 cm³/mol. The summed E-state index contributed by atoms with van der Waals surface area (Å²) in [7, 11) is 0. The van der Waals surface area contributed by atoms with Crippen molar-refractivity contribution in [1.82, 2.24) is 15.0 Å². The molecule has 0 radical (unpaired) electrons. The molecule has 2 aromatic heterocycles. The highest BCUT2D eigenvalue weighted by molar-refractivity contribution is 5.64. The summed E-state index contributed by atoms with van der Waals surface area (Å²) in [5.41, 5.74) is 0.237. The molecule has 4 rings (SSSR count). The molecule has 1 fully saturated rings. The van der Waals surface area contributed by atoms with E-state index in [-0.39, 0.29) is 0 Å². The van der Waals surface area contributed by atoms with Gasteiger partial charge in [-0.3, -0.25) is 0 Å². The predicted octanol–water partition coefficient (Wildman–Crippen LogP) is 4.19. The normalized spacial score (nSPS) is 14.9. The van der Waals surface area contributed by atoms with Gasteiger partial charge in [0.05, 0.1) is 11.3 Å². The number of pyridine rings is 1. The number of hydrogen-bond acceptors (Lipinski definition) is 5. The van der Waals surface area contributed by atoms with Gasteiger partial charge >= 0.3 is 6.18 Å². The van der Waals surface area contributed by atoms with E-state index in [1.165, 1.54) is 6.07 Å². The molecule has 0 saturated carbocycles. The number of alkyl halides is 3. The Morgan fingerprint density at radius 3 is 2.21 bits per heavy atom. The Morgan fingerprint density at radius 1 is 0.828 bits per heavy atom. The molecule has 3 heterocycles. The maximum Gasteiger partial charge on any atom is 0.416 e. The Hall–Kier alpha value is -3.16. The minimum absolute atomic E-state index is 0.429. The maximum atomic E-state index is 13.1. The van der Waals surface area contributed by atoms with E-state index in [4.69, 9.17) is 0 Å². The Balaban J connectivity index is 1.55. The van der Waals surface area contributed by atoms with Gasteiger partial charge in [0.1, 0.15) is 17.5 Å². The number of anilines is 2. The van der Waals surface area contributed by atoms with Crippen LogP contribution in [0, 0.1) is 6.92 Å². The summed E-state index contributed by atoms with van der Waals surface area (Å²) < 4.78 is 39.2. The van der Waals surface area contributed by atoms with Gasteiger partial charge in [0.25, 0.3) is 0 Å². The molecule has 0 atom stereocenters. The number of aryl methyl sites for hydroxylation is 1. The van der Waals surface area contributed by atoms with Crippen molar-refractivity contribution in [2.45, 2.75) is 13.1 Å². The third kappa shape index (κ3) is 4.31. The third-order valence-electron chi connectivity index (χ3n) is 4.89. The van der Waals surface area contributed by atoms with E-state index >= 15 is 0 Å². The van der Waals surface area contributed by atoms with Gasteiger partial charge in [-0.2, -0.15) is 13.2 Å². The number of hydrogen-bond donors (Lipinski definition) is 0. The van der Waals surface area contributed by atoms with Crippen molar-refractivity contribution in [1.29, 1.82) is 0 Å². The average Bonchev–Trinajstić information content (AvgIpc) is 2.73. The van der Waals surface area contributed by atoms with Crippen LogP contribution in [0.2, 0.25) is 0 Å². The first-order chi connectivity index (χ1) is 13.9. The van der Waals surface area contributed by atoms with E-state index in [1.807, 2.05) is 18.2 Å². The molecule has 150 valence electrons. The van der Waals surface area contributed by atoms with Gasteiger partial charge in [-0.15, -0.1) is 0 Å². The number of benzene rings is 1. The second-order valence-corrected chi connectivity index (χ2v) is 6.90. The molecule has 1 aromatic carbocycles. The monoisotopic (exact) mass is 399 g/mol. The van der Waals surface area contributed by atoms with Crippen molar-refractivity contribution in [3.05, 3.63) is 66.1 Å². The van der Waals surface area contributed by atoms with E-state index in [0.717, 1.165) is 49.9 Å². The van der Waals surface area contributed by atoms with Crippen LogP contribution in [0.15, 0.2) is 54.7 Å². The van der Waals surface area contributed by atoms with E-state index < -0.39 is 11.7 Å². The molecule has 8 heteroatoms. The van der Waals surface area contributed by atoms with E-state index in [2.05, 4.69) is 24.8 Å². The molecule has 1 aliphatic heterocycles. The van der Waals surface area contributed by atoms with Crippen molar-refractivity contribution in [3.63, 3.8) is 0 Å². The minimum Gasteiger partial charge on any atom is -0.353 e. The first kappa shape index (κ1) is 19.2. The van der Waals surface area contributed by atoms with Gasteiger partial charge in [-0.25, -0.2) is 15.0 Å². The lowest BCUT2D eigenvalue weighted by molar-refractivity contribution is -0.137. The molecule has 0 amide bonds. The highest BCUT2D eigenvalue weighted by Gasteiger charge is 2.30. The zero-order valence-electron chi connectivity index (χ0n) is 15.9. The molecule has 1 aliphatic rings. The Bertz CT molecular complexity index is 983.